The van der Waals surface area contributed by atoms with Crippen molar-refractivity contribution in [2.24, 2.45) is 29.2 Å². The highest BCUT2D eigenvalue weighted by Gasteiger charge is 2.44. The Morgan fingerprint density at radius 3 is 2.62 bits per heavy atom. The summed E-state index contributed by atoms with van der Waals surface area (Å²) in [6, 6.07) is 11.4. The van der Waals surface area contributed by atoms with Crippen molar-refractivity contribution >= 4 is 44.6 Å². The highest BCUT2D eigenvalue weighted by molar-refractivity contribution is 7.94. The molecule has 2 amide bonds. The molecular weight excluding hydrogens is 782 g/mol. The molecule has 0 radical (unpaired) electrons. The Bertz CT molecular complexity index is 2210. The van der Waals surface area contributed by atoms with Crippen molar-refractivity contribution in [3.05, 3.63) is 82.0 Å². The fraction of sp³-hybridized carbons (Fsp3) is 0.535. The SMILES string of the molecule is COc1nn(C)cc1C(=O)C[S@@]1(=O)=NC(=O)c2ccc3c(c2)N(C[C@@H]2CC[C@H]2[C@@H](OC)/C=C/[C@H](OCC(=O)N(C)C)[C@H](C)C1)C[C@@]1(CCCc2cc(Cl)ccc21)CO3. The standard InChI is InChI=1S/C43H54ClN5O8S/c1-27-23-58(53,24-36(50)33-21-48(4)45-42(33)55-6)46-41(52)29-10-14-39-35(19-29)49(25-43(26-57-39)17-7-8-28-18-31(44)11-13-34(28)43)20-30-9-12-32(30)38(54-5)16-15-37(27)56-22-40(51)47(2)3/h10-11,13-16,18-19,21,27,30,32,37-38H,7-9,12,17,20,22-26H2,1-6H3/b16-15+/t27-,30+,32-,37+,38+,43+,58-/m1/s1. The first-order valence-electron chi connectivity index (χ1n) is 19.9. The van der Waals surface area contributed by atoms with Crippen LogP contribution in [-0.4, -0.2) is 115 Å². The molecule has 7 atom stereocenters. The Hall–Kier alpha value is -4.24. The van der Waals surface area contributed by atoms with Gasteiger partial charge in [-0.25, -0.2) is 4.21 Å². The lowest BCUT2D eigenvalue weighted by Crippen LogP contribution is -2.49. The number of amides is 2. The second kappa shape index (κ2) is 17.2. The van der Waals surface area contributed by atoms with E-state index in [1.165, 1.54) is 34.0 Å². The number of ether oxygens (including phenoxy) is 4. The van der Waals surface area contributed by atoms with Gasteiger partial charge < -0.3 is 28.7 Å². The number of rotatable bonds is 8. The van der Waals surface area contributed by atoms with Crippen LogP contribution in [0.2, 0.25) is 5.02 Å². The molecule has 1 aromatic heterocycles. The number of hydrogen-bond donors (Lipinski definition) is 0. The lowest BCUT2D eigenvalue weighted by Gasteiger charge is -2.46. The van der Waals surface area contributed by atoms with Crippen molar-refractivity contribution < 1.29 is 37.5 Å². The molecule has 0 N–H and O–H groups in total. The Morgan fingerprint density at radius 2 is 1.90 bits per heavy atom. The van der Waals surface area contributed by atoms with Crippen LogP contribution in [0.25, 0.3) is 0 Å². The molecule has 0 saturated heterocycles. The Kier molecular flexibility index (Phi) is 12.4. The summed E-state index contributed by atoms with van der Waals surface area (Å²) in [6.07, 6.45) is 9.21. The maximum atomic E-state index is 15.1. The number of hydrogen-bond acceptors (Lipinski definition) is 10. The third-order valence-electron chi connectivity index (χ3n) is 12.3. The maximum Gasteiger partial charge on any atom is 0.285 e. The summed E-state index contributed by atoms with van der Waals surface area (Å²) < 4.78 is 45.4. The van der Waals surface area contributed by atoms with Gasteiger partial charge >= 0.3 is 0 Å². The van der Waals surface area contributed by atoms with Crippen LogP contribution in [0.4, 0.5) is 5.69 Å². The first-order chi connectivity index (χ1) is 27.7. The number of benzene rings is 2. The van der Waals surface area contributed by atoms with E-state index in [4.69, 9.17) is 30.5 Å². The Labute approximate surface area is 346 Å². The Balaban J connectivity index is 1.33. The van der Waals surface area contributed by atoms with Crippen molar-refractivity contribution in [3.8, 4) is 11.6 Å². The van der Waals surface area contributed by atoms with Crippen LogP contribution >= 0.6 is 11.6 Å². The Morgan fingerprint density at radius 1 is 1.10 bits per heavy atom. The molecule has 58 heavy (non-hydrogen) atoms. The van der Waals surface area contributed by atoms with Gasteiger partial charge in [-0.15, -0.1) is 5.10 Å². The van der Waals surface area contributed by atoms with Gasteiger partial charge in [-0.3, -0.25) is 19.1 Å². The van der Waals surface area contributed by atoms with E-state index in [1.807, 2.05) is 25.1 Å². The summed E-state index contributed by atoms with van der Waals surface area (Å²) in [5.41, 5.74) is 3.29. The average molecular weight is 836 g/mol. The van der Waals surface area contributed by atoms with Gasteiger partial charge in [0, 0.05) is 69.3 Å². The molecule has 15 heteroatoms. The summed E-state index contributed by atoms with van der Waals surface area (Å²) in [4.78, 5) is 44.7. The van der Waals surface area contributed by atoms with Crippen molar-refractivity contribution in [2.45, 2.75) is 56.7 Å². The zero-order valence-corrected chi connectivity index (χ0v) is 35.7. The fourth-order valence-corrected chi connectivity index (χ4v) is 11.5. The van der Waals surface area contributed by atoms with E-state index in [1.54, 1.807) is 46.5 Å². The summed E-state index contributed by atoms with van der Waals surface area (Å²) in [6.45, 7) is 3.42. The summed E-state index contributed by atoms with van der Waals surface area (Å²) >= 11 is 6.49. The van der Waals surface area contributed by atoms with Gasteiger partial charge in [0.05, 0.1) is 47.1 Å². The number of halogens is 1. The minimum atomic E-state index is -3.61. The first-order valence-corrected chi connectivity index (χ1v) is 22.2. The van der Waals surface area contributed by atoms with Crippen molar-refractivity contribution in [1.82, 2.24) is 14.7 Å². The molecule has 1 spiro atoms. The summed E-state index contributed by atoms with van der Waals surface area (Å²) in [7, 11) is 4.45. The van der Waals surface area contributed by atoms with E-state index >= 15 is 4.21 Å². The molecule has 2 aliphatic heterocycles. The van der Waals surface area contributed by atoms with Crippen LogP contribution in [0, 0.1) is 17.8 Å². The lowest BCUT2D eigenvalue weighted by atomic mass is 9.68. The molecule has 3 heterocycles. The largest absolute Gasteiger partial charge is 0.490 e. The highest BCUT2D eigenvalue weighted by atomic mass is 35.5. The second-order valence-electron chi connectivity index (χ2n) is 16.5. The van der Waals surface area contributed by atoms with Crippen molar-refractivity contribution in [3.63, 3.8) is 0 Å². The lowest BCUT2D eigenvalue weighted by molar-refractivity contribution is -0.135. The van der Waals surface area contributed by atoms with E-state index in [-0.39, 0.29) is 58.6 Å². The van der Waals surface area contributed by atoms with Gasteiger partial charge in [0.1, 0.15) is 17.9 Å². The predicted molar refractivity (Wildman–Crippen MR) is 223 cm³/mol. The van der Waals surface area contributed by atoms with E-state index in [0.29, 0.717) is 30.5 Å². The zero-order chi connectivity index (χ0) is 41.4. The van der Waals surface area contributed by atoms with Gasteiger partial charge in [-0.2, -0.15) is 4.36 Å². The molecule has 2 aliphatic carbocycles. The number of carbonyl (C=O) groups excluding carboxylic acids is 3. The second-order valence-corrected chi connectivity index (χ2v) is 19.3. The maximum absolute atomic E-state index is 15.1. The van der Waals surface area contributed by atoms with Crippen LogP contribution in [0.15, 0.2) is 59.1 Å². The van der Waals surface area contributed by atoms with Gasteiger partial charge in [-0.1, -0.05) is 36.7 Å². The van der Waals surface area contributed by atoms with Crippen LogP contribution in [0.5, 0.6) is 11.6 Å². The molecule has 3 aromatic rings. The smallest absolute Gasteiger partial charge is 0.285 e. The van der Waals surface area contributed by atoms with Gasteiger partial charge in [0.15, 0.2) is 5.78 Å². The summed E-state index contributed by atoms with van der Waals surface area (Å²) in [5, 5.41) is 4.91. The molecule has 1 saturated carbocycles. The number of aryl methyl sites for hydroxylation is 2. The first kappa shape index (κ1) is 41.9. The predicted octanol–water partition coefficient (Wildman–Crippen LogP) is 5.77. The van der Waals surface area contributed by atoms with Crippen molar-refractivity contribution in [1.29, 1.82) is 0 Å². The fourth-order valence-electron chi connectivity index (χ4n) is 9.04. The van der Waals surface area contributed by atoms with Crippen LogP contribution < -0.4 is 14.4 Å². The zero-order valence-electron chi connectivity index (χ0n) is 34.1. The number of ketones is 1. The number of Topliss-reactive ketones (excluding diaryl/α,β-unsaturated/α-hetero) is 1. The molecule has 13 nitrogen and oxygen atoms in total. The number of fused-ring (bicyclic) bond motifs is 4. The average Bonchev–Trinajstić information content (AvgIpc) is 3.50. The minimum Gasteiger partial charge on any atom is -0.490 e. The third-order valence-corrected chi connectivity index (χ3v) is 14.8. The van der Waals surface area contributed by atoms with Gasteiger partial charge in [0.2, 0.25) is 11.8 Å². The van der Waals surface area contributed by atoms with Crippen LogP contribution in [-0.2, 0) is 42.9 Å². The molecule has 312 valence electrons. The molecule has 0 unspecified atom stereocenters. The molecule has 2 aromatic carbocycles. The number of anilines is 1. The minimum absolute atomic E-state index is 0.0848. The van der Waals surface area contributed by atoms with Gasteiger partial charge in [-0.05, 0) is 91.3 Å². The monoisotopic (exact) mass is 835 g/mol. The molecule has 2 bridgehead atoms. The van der Waals surface area contributed by atoms with E-state index in [0.717, 1.165) is 37.8 Å². The number of carbonyl (C=O) groups is 3. The van der Waals surface area contributed by atoms with Crippen LogP contribution in [0.3, 0.4) is 0 Å². The van der Waals surface area contributed by atoms with Gasteiger partial charge in [0.25, 0.3) is 5.91 Å². The molecule has 4 aliphatic rings. The normalized spacial score (nSPS) is 28.8. The van der Waals surface area contributed by atoms with E-state index in [9.17, 15) is 14.4 Å². The number of likely N-dealkylation sites (N-methyl/N-ethyl adjacent to an activating group) is 1. The number of nitrogens with zero attached hydrogens (tertiary/aromatic N) is 5. The third kappa shape index (κ3) is 8.71. The van der Waals surface area contributed by atoms with Crippen LogP contribution in [0.1, 0.15) is 64.4 Å². The topological polar surface area (TPSA) is 142 Å². The molecule has 1 fully saturated rings. The van der Waals surface area contributed by atoms with Crippen molar-refractivity contribution in [2.75, 3.05) is 71.0 Å². The highest BCUT2D eigenvalue weighted by Crippen LogP contribution is 2.47. The number of aromatic nitrogens is 2. The summed E-state index contributed by atoms with van der Waals surface area (Å²) in [5.74, 6) is -1.54. The quantitative estimate of drug-likeness (QED) is 0.203. The number of methoxy groups -OCH3 is 2. The molecular formula is C43H54ClN5O8S. The van der Waals surface area contributed by atoms with E-state index in [2.05, 4.69) is 26.5 Å². The molecule has 7 rings (SSSR count). The van der Waals surface area contributed by atoms with E-state index < -0.39 is 39.2 Å².